The van der Waals surface area contributed by atoms with Crippen LogP contribution in [0.2, 0.25) is 0 Å². The minimum absolute atomic E-state index is 0.134. The standard InChI is InChI=1S/C13H17NO/c1-10(2)13(7-8-15)12-5-3-11(9-14)4-6-12/h3-6,8,13H,1,7,9,14H2,2H3. The van der Waals surface area contributed by atoms with Gasteiger partial charge in [-0.05, 0) is 18.1 Å². The summed E-state index contributed by atoms with van der Waals surface area (Å²) in [4.78, 5) is 10.6. The molecule has 2 nitrogen and oxygen atoms in total. The van der Waals surface area contributed by atoms with E-state index in [-0.39, 0.29) is 5.92 Å². The zero-order chi connectivity index (χ0) is 11.3. The van der Waals surface area contributed by atoms with Crippen molar-refractivity contribution in [2.24, 2.45) is 5.73 Å². The van der Waals surface area contributed by atoms with Gasteiger partial charge in [0.1, 0.15) is 6.29 Å². The molecule has 0 saturated heterocycles. The summed E-state index contributed by atoms with van der Waals surface area (Å²) in [6.07, 6.45) is 1.44. The molecule has 0 saturated carbocycles. The van der Waals surface area contributed by atoms with E-state index in [1.54, 1.807) is 0 Å². The number of carbonyl (C=O) groups is 1. The van der Waals surface area contributed by atoms with Crippen LogP contribution in [-0.2, 0) is 11.3 Å². The average Bonchev–Trinajstić information content (AvgIpc) is 2.26. The highest BCUT2D eigenvalue weighted by molar-refractivity contribution is 5.53. The second-order valence-corrected chi connectivity index (χ2v) is 3.75. The lowest BCUT2D eigenvalue weighted by Crippen LogP contribution is -2.02. The minimum atomic E-state index is 0.134. The van der Waals surface area contributed by atoms with Crippen LogP contribution in [0, 0.1) is 0 Å². The van der Waals surface area contributed by atoms with Crippen LogP contribution in [0.15, 0.2) is 36.4 Å². The number of allylic oxidation sites excluding steroid dienone is 1. The van der Waals surface area contributed by atoms with Crippen molar-refractivity contribution in [3.63, 3.8) is 0 Å². The van der Waals surface area contributed by atoms with Crippen LogP contribution in [0.1, 0.15) is 30.4 Å². The fourth-order valence-corrected chi connectivity index (χ4v) is 1.60. The van der Waals surface area contributed by atoms with Crippen molar-refractivity contribution in [1.29, 1.82) is 0 Å². The molecule has 2 N–H and O–H groups in total. The quantitative estimate of drug-likeness (QED) is 0.590. The highest BCUT2D eigenvalue weighted by atomic mass is 16.1. The van der Waals surface area contributed by atoms with Crippen molar-refractivity contribution < 1.29 is 4.79 Å². The van der Waals surface area contributed by atoms with Gasteiger partial charge in [0.15, 0.2) is 0 Å². The molecule has 80 valence electrons. The van der Waals surface area contributed by atoms with Gasteiger partial charge in [-0.15, -0.1) is 0 Å². The maximum atomic E-state index is 10.6. The Morgan fingerprint density at radius 3 is 2.47 bits per heavy atom. The van der Waals surface area contributed by atoms with Crippen molar-refractivity contribution in [2.45, 2.75) is 25.8 Å². The lowest BCUT2D eigenvalue weighted by Gasteiger charge is -2.14. The largest absolute Gasteiger partial charge is 0.326 e. The van der Waals surface area contributed by atoms with Crippen molar-refractivity contribution >= 4 is 6.29 Å². The topological polar surface area (TPSA) is 43.1 Å². The molecule has 0 aliphatic heterocycles. The zero-order valence-electron chi connectivity index (χ0n) is 9.07. The van der Waals surface area contributed by atoms with E-state index in [1.165, 1.54) is 0 Å². The van der Waals surface area contributed by atoms with Crippen molar-refractivity contribution in [2.75, 3.05) is 0 Å². The molecule has 1 atom stereocenters. The Morgan fingerprint density at radius 1 is 1.47 bits per heavy atom. The van der Waals surface area contributed by atoms with Crippen molar-refractivity contribution in [3.8, 4) is 0 Å². The van der Waals surface area contributed by atoms with Gasteiger partial charge in [0.25, 0.3) is 0 Å². The molecular formula is C13H17NO. The molecule has 1 aromatic carbocycles. The first-order valence-electron chi connectivity index (χ1n) is 5.07. The molecule has 1 rings (SSSR count). The molecule has 0 amide bonds. The Morgan fingerprint density at radius 2 is 2.07 bits per heavy atom. The summed E-state index contributed by atoms with van der Waals surface area (Å²) in [5.74, 6) is 0.134. The second kappa shape index (κ2) is 5.47. The summed E-state index contributed by atoms with van der Waals surface area (Å²) in [6.45, 7) is 6.41. The number of hydrogen-bond donors (Lipinski definition) is 1. The Labute approximate surface area is 90.8 Å². The monoisotopic (exact) mass is 203 g/mol. The Balaban J connectivity index is 2.91. The predicted molar refractivity (Wildman–Crippen MR) is 62.6 cm³/mol. The third kappa shape index (κ3) is 3.03. The van der Waals surface area contributed by atoms with Crippen LogP contribution < -0.4 is 5.73 Å². The molecular weight excluding hydrogens is 186 g/mol. The smallest absolute Gasteiger partial charge is 0.120 e. The first-order valence-corrected chi connectivity index (χ1v) is 5.07. The zero-order valence-corrected chi connectivity index (χ0v) is 9.07. The van der Waals surface area contributed by atoms with Gasteiger partial charge in [-0.3, -0.25) is 0 Å². The first kappa shape index (κ1) is 11.7. The molecule has 1 unspecified atom stereocenters. The molecule has 0 aromatic heterocycles. The van der Waals surface area contributed by atoms with Gasteiger partial charge in [0.2, 0.25) is 0 Å². The van der Waals surface area contributed by atoms with Crippen LogP contribution in [0.5, 0.6) is 0 Å². The van der Waals surface area contributed by atoms with Gasteiger partial charge in [-0.2, -0.15) is 0 Å². The molecule has 0 heterocycles. The van der Waals surface area contributed by atoms with Crippen LogP contribution in [-0.4, -0.2) is 6.29 Å². The number of nitrogens with two attached hydrogens (primary N) is 1. The highest BCUT2D eigenvalue weighted by Gasteiger charge is 2.11. The summed E-state index contributed by atoms with van der Waals surface area (Å²) in [5, 5.41) is 0. The lowest BCUT2D eigenvalue weighted by atomic mass is 9.90. The number of rotatable bonds is 5. The van der Waals surface area contributed by atoms with E-state index in [4.69, 9.17) is 5.73 Å². The molecule has 0 fully saturated rings. The van der Waals surface area contributed by atoms with E-state index in [0.717, 1.165) is 23.0 Å². The van der Waals surface area contributed by atoms with Crippen LogP contribution >= 0.6 is 0 Å². The molecule has 0 bridgehead atoms. The number of hydrogen-bond acceptors (Lipinski definition) is 2. The van der Waals surface area contributed by atoms with E-state index in [9.17, 15) is 4.79 Å². The van der Waals surface area contributed by atoms with Gasteiger partial charge in [0, 0.05) is 18.9 Å². The Hall–Kier alpha value is -1.41. The van der Waals surface area contributed by atoms with E-state index in [1.807, 2.05) is 31.2 Å². The highest BCUT2D eigenvalue weighted by Crippen LogP contribution is 2.25. The van der Waals surface area contributed by atoms with Gasteiger partial charge in [-0.25, -0.2) is 0 Å². The predicted octanol–water partition coefficient (Wildman–Crippen LogP) is 2.39. The van der Waals surface area contributed by atoms with Gasteiger partial charge < -0.3 is 10.5 Å². The third-order valence-corrected chi connectivity index (χ3v) is 2.54. The fourth-order valence-electron chi connectivity index (χ4n) is 1.60. The van der Waals surface area contributed by atoms with E-state index >= 15 is 0 Å². The number of carbonyl (C=O) groups excluding carboxylic acids is 1. The summed E-state index contributed by atoms with van der Waals surface area (Å²) in [5.41, 5.74) is 8.77. The maximum Gasteiger partial charge on any atom is 0.120 e. The summed E-state index contributed by atoms with van der Waals surface area (Å²) in [7, 11) is 0. The summed E-state index contributed by atoms with van der Waals surface area (Å²) >= 11 is 0. The molecule has 15 heavy (non-hydrogen) atoms. The fraction of sp³-hybridized carbons (Fsp3) is 0.308. The van der Waals surface area contributed by atoms with Crippen molar-refractivity contribution in [3.05, 3.63) is 47.5 Å². The number of aldehydes is 1. The normalized spacial score (nSPS) is 12.1. The molecule has 1 aromatic rings. The van der Waals surface area contributed by atoms with Gasteiger partial charge in [-0.1, -0.05) is 36.4 Å². The van der Waals surface area contributed by atoms with Gasteiger partial charge >= 0.3 is 0 Å². The minimum Gasteiger partial charge on any atom is -0.326 e. The number of benzene rings is 1. The third-order valence-electron chi connectivity index (χ3n) is 2.54. The maximum absolute atomic E-state index is 10.6. The SMILES string of the molecule is C=C(C)C(CC=O)c1ccc(CN)cc1. The van der Waals surface area contributed by atoms with E-state index in [2.05, 4.69) is 6.58 Å². The van der Waals surface area contributed by atoms with Gasteiger partial charge in [0.05, 0.1) is 0 Å². The molecule has 0 radical (unpaired) electrons. The molecule has 2 heteroatoms. The van der Waals surface area contributed by atoms with E-state index < -0.39 is 0 Å². The van der Waals surface area contributed by atoms with Crippen LogP contribution in [0.4, 0.5) is 0 Å². The summed E-state index contributed by atoms with van der Waals surface area (Å²) in [6, 6.07) is 8.03. The average molecular weight is 203 g/mol. The second-order valence-electron chi connectivity index (χ2n) is 3.75. The van der Waals surface area contributed by atoms with Crippen LogP contribution in [0.3, 0.4) is 0 Å². The Kier molecular flexibility index (Phi) is 4.25. The molecule has 0 aliphatic carbocycles. The lowest BCUT2D eigenvalue weighted by molar-refractivity contribution is -0.108. The molecule has 0 aliphatic rings. The molecule has 0 spiro atoms. The summed E-state index contributed by atoms with van der Waals surface area (Å²) < 4.78 is 0. The Bertz CT molecular complexity index is 340. The van der Waals surface area contributed by atoms with Crippen LogP contribution in [0.25, 0.3) is 0 Å². The van der Waals surface area contributed by atoms with E-state index in [0.29, 0.717) is 13.0 Å². The van der Waals surface area contributed by atoms with Crippen molar-refractivity contribution in [1.82, 2.24) is 0 Å². The first-order chi connectivity index (χ1) is 7.19.